The number of guanidine groups is 1. The zero-order chi connectivity index (χ0) is 18.5. The van der Waals surface area contributed by atoms with Crippen LogP contribution < -0.4 is 10.6 Å². The van der Waals surface area contributed by atoms with Crippen molar-refractivity contribution in [2.75, 3.05) is 39.1 Å². The van der Waals surface area contributed by atoms with E-state index >= 15 is 0 Å². The molecule has 0 amide bonds. The van der Waals surface area contributed by atoms with Crippen LogP contribution in [0.2, 0.25) is 0 Å². The molecule has 0 heterocycles. The minimum absolute atomic E-state index is 0.110. The highest BCUT2D eigenvalue weighted by Gasteiger charge is 2.13. The number of aliphatic imine (C=N–C) groups is 1. The van der Waals surface area contributed by atoms with E-state index in [2.05, 4.69) is 29.5 Å². The van der Waals surface area contributed by atoms with Crippen molar-refractivity contribution in [3.8, 4) is 0 Å². The first-order valence-electron chi connectivity index (χ1n) is 8.76. The lowest BCUT2D eigenvalue weighted by atomic mass is 10.1. The van der Waals surface area contributed by atoms with Crippen LogP contribution in [0, 0.1) is 5.92 Å². The van der Waals surface area contributed by atoms with Crippen molar-refractivity contribution in [2.24, 2.45) is 10.9 Å². The van der Waals surface area contributed by atoms with Gasteiger partial charge in [-0.05, 0) is 30.9 Å². The van der Waals surface area contributed by atoms with E-state index in [9.17, 15) is 8.42 Å². The van der Waals surface area contributed by atoms with Crippen LogP contribution in [0.1, 0.15) is 26.7 Å². The van der Waals surface area contributed by atoms with Crippen LogP contribution in [-0.2, 0) is 14.6 Å². The van der Waals surface area contributed by atoms with Crippen LogP contribution in [0.25, 0.3) is 0 Å². The first-order valence-corrected chi connectivity index (χ1v) is 10.4. The van der Waals surface area contributed by atoms with Crippen molar-refractivity contribution >= 4 is 15.8 Å². The van der Waals surface area contributed by atoms with E-state index in [1.54, 1.807) is 31.3 Å². The SMILES string of the molecule is CN=C(NCCCS(=O)(=O)c1ccccc1)NCCOCCC(C)C. The van der Waals surface area contributed by atoms with Crippen molar-refractivity contribution in [3.05, 3.63) is 30.3 Å². The zero-order valence-electron chi connectivity index (χ0n) is 15.5. The minimum atomic E-state index is -3.22. The predicted molar refractivity (Wildman–Crippen MR) is 103 cm³/mol. The fraction of sp³-hybridized carbons (Fsp3) is 0.611. The predicted octanol–water partition coefficient (Wildman–Crippen LogP) is 2.08. The number of nitrogens with one attached hydrogen (secondary N) is 2. The fourth-order valence-corrected chi connectivity index (χ4v) is 3.43. The van der Waals surface area contributed by atoms with E-state index in [1.165, 1.54) is 0 Å². The highest BCUT2D eigenvalue weighted by atomic mass is 32.2. The van der Waals surface area contributed by atoms with E-state index in [4.69, 9.17) is 4.74 Å². The lowest BCUT2D eigenvalue weighted by Crippen LogP contribution is -2.39. The molecular formula is C18H31N3O3S. The molecule has 2 N–H and O–H groups in total. The molecule has 0 saturated heterocycles. The maximum absolute atomic E-state index is 12.2. The number of hydrogen-bond acceptors (Lipinski definition) is 4. The average Bonchev–Trinajstić information content (AvgIpc) is 2.60. The van der Waals surface area contributed by atoms with Crippen molar-refractivity contribution in [2.45, 2.75) is 31.6 Å². The van der Waals surface area contributed by atoms with Gasteiger partial charge in [-0.15, -0.1) is 0 Å². The maximum atomic E-state index is 12.2. The summed E-state index contributed by atoms with van der Waals surface area (Å²) in [4.78, 5) is 4.49. The molecule has 0 aromatic heterocycles. The van der Waals surface area contributed by atoms with Gasteiger partial charge in [0.05, 0.1) is 17.3 Å². The lowest BCUT2D eigenvalue weighted by Gasteiger charge is -2.12. The molecule has 0 saturated carbocycles. The molecule has 0 unspecified atom stereocenters. The van der Waals surface area contributed by atoms with Crippen molar-refractivity contribution in [1.29, 1.82) is 0 Å². The molecular weight excluding hydrogens is 338 g/mol. The molecule has 0 aliphatic carbocycles. The average molecular weight is 370 g/mol. The second-order valence-electron chi connectivity index (χ2n) is 6.21. The third-order valence-electron chi connectivity index (χ3n) is 3.59. The van der Waals surface area contributed by atoms with E-state index in [-0.39, 0.29) is 5.75 Å². The van der Waals surface area contributed by atoms with Crippen molar-refractivity contribution < 1.29 is 13.2 Å². The summed E-state index contributed by atoms with van der Waals surface area (Å²) >= 11 is 0. The van der Waals surface area contributed by atoms with Crippen molar-refractivity contribution in [1.82, 2.24) is 10.6 Å². The minimum Gasteiger partial charge on any atom is -0.380 e. The maximum Gasteiger partial charge on any atom is 0.191 e. The summed E-state index contributed by atoms with van der Waals surface area (Å²) in [6.07, 6.45) is 1.58. The summed E-state index contributed by atoms with van der Waals surface area (Å²) < 4.78 is 29.9. The highest BCUT2D eigenvalue weighted by Crippen LogP contribution is 2.10. The van der Waals surface area contributed by atoms with Crippen LogP contribution in [0.3, 0.4) is 0 Å². The van der Waals surface area contributed by atoms with Gasteiger partial charge in [0, 0.05) is 26.7 Å². The van der Waals surface area contributed by atoms with Gasteiger partial charge in [0.15, 0.2) is 15.8 Å². The molecule has 0 aliphatic rings. The number of benzene rings is 1. The summed E-state index contributed by atoms with van der Waals surface area (Å²) in [5, 5.41) is 6.27. The van der Waals surface area contributed by atoms with Gasteiger partial charge in [0.2, 0.25) is 0 Å². The monoisotopic (exact) mass is 369 g/mol. The summed E-state index contributed by atoms with van der Waals surface area (Å²) in [7, 11) is -1.53. The lowest BCUT2D eigenvalue weighted by molar-refractivity contribution is 0.128. The number of nitrogens with zero attached hydrogens (tertiary/aromatic N) is 1. The van der Waals surface area contributed by atoms with Crippen LogP contribution in [0.5, 0.6) is 0 Å². The number of rotatable bonds is 11. The molecule has 0 atom stereocenters. The second kappa shape index (κ2) is 11.9. The Balaban J connectivity index is 2.19. The quantitative estimate of drug-likeness (QED) is 0.355. The van der Waals surface area contributed by atoms with Gasteiger partial charge in [0.1, 0.15) is 0 Å². The Kier molecular flexibility index (Phi) is 10.2. The zero-order valence-corrected chi connectivity index (χ0v) is 16.3. The molecule has 1 aromatic rings. The standard InChI is InChI=1S/C18H31N3O3S/c1-16(2)10-13-24-14-12-21-18(19-3)20-11-7-15-25(22,23)17-8-5-4-6-9-17/h4-6,8-9,16H,7,10-15H2,1-3H3,(H2,19,20,21). The van der Waals surface area contributed by atoms with E-state index in [0.717, 1.165) is 13.0 Å². The fourth-order valence-electron chi connectivity index (χ4n) is 2.10. The molecule has 142 valence electrons. The first kappa shape index (κ1) is 21.4. The van der Waals surface area contributed by atoms with Gasteiger partial charge in [-0.25, -0.2) is 8.42 Å². The Hall–Kier alpha value is -1.60. The van der Waals surface area contributed by atoms with Crippen LogP contribution >= 0.6 is 0 Å². The van der Waals surface area contributed by atoms with Crippen LogP contribution in [0.4, 0.5) is 0 Å². The molecule has 0 aliphatic heterocycles. The topological polar surface area (TPSA) is 79.8 Å². The summed E-state index contributed by atoms with van der Waals surface area (Å²) in [6.45, 7) is 6.94. The Bertz CT molecular complexity index is 601. The van der Waals surface area contributed by atoms with E-state index in [0.29, 0.717) is 42.9 Å². The van der Waals surface area contributed by atoms with Gasteiger partial charge < -0.3 is 15.4 Å². The Labute approximate surface area is 152 Å². The smallest absolute Gasteiger partial charge is 0.191 e. The molecule has 1 aromatic carbocycles. The normalized spacial score (nSPS) is 12.4. The molecule has 0 fully saturated rings. The van der Waals surface area contributed by atoms with Crippen LogP contribution in [-0.4, -0.2) is 53.5 Å². The van der Waals surface area contributed by atoms with E-state index in [1.807, 2.05) is 6.07 Å². The molecule has 0 radical (unpaired) electrons. The second-order valence-corrected chi connectivity index (χ2v) is 8.32. The van der Waals surface area contributed by atoms with E-state index < -0.39 is 9.84 Å². The van der Waals surface area contributed by atoms with Gasteiger partial charge in [0.25, 0.3) is 0 Å². The first-order chi connectivity index (χ1) is 12.0. The van der Waals surface area contributed by atoms with Gasteiger partial charge in [-0.1, -0.05) is 32.0 Å². The summed E-state index contributed by atoms with van der Waals surface area (Å²) in [5.74, 6) is 1.42. The summed E-state index contributed by atoms with van der Waals surface area (Å²) in [5.41, 5.74) is 0. The Morgan fingerprint density at radius 2 is 1.80 bits per heavy atom. The molecule has 7 heteroatoms. The molecule has 0 bridgehead atoms. The molecule has 0 spiro atoms. The Morgan fingerprint density at radius 1 is 1.12 bits per heavy atom. The molecule has 25 heavy (non-hydrogen) atoms. The van der Waals surface area contributed by atoms with Crippen LogP contribution in [0.15, 0.2) is 40.2 Å². The van der Waals surface area contributed by atoms with Gasteiger partial charge in [-0.2, -0.15) is 0 Å². The number of hydrogen-bond donors (Lipinski definition) is 2. The highest BCUT2D eigenvalue weighted by molar-refractivity contribution is 7.91. The third kappa shape index (κ3) is 9.45. The van der Waals surface area contributed by atoms with Gasteiger partial charge in [-0.3, -0.25) is 4.99 Å². The molecule has 1 rings (SSSR count). The van der Waals surface area contributed by atoms with Gasteiger partial charge >= 0.3 is 0 Å². The van der Waals surface area contributed by atoms with Crippen molar-refractivity contribution in [3.63, 3.8) is 0 Å². The third-order valence-corrected chi connectivity index (χ3v) is 5.40. The largest absolute Gasteiger partial charge is 0.380 e. The molecule has 6 nitrogen and oxygen atoms in total. The summed E-state index contributed by atoms with van der Waals surface area (Å²) in [6, 6.07) is 8.54. The number of ether oxygens (including phenoxy) is 1. The Morgan fingerprint density at radius 3 is 2.44 bits per heavy atom. The number of sulfone groups is 1.